The molecule has 0 N–H and O–H groups in total. The highest BCUT2D eigenvalue weighted by molar-refractivity contribution is 7.91. The number of rotatable bonds is 7. The van der Waals surface area contributed by atoms with E-state index < -0.39 is 16.0 Å². The van der Waals surface area contributed by atoms with Crippen LogP contribution in [0, 0.1) is 5.92 Å². The van der Waals surface area contributed by atoms with Crippen LogP contribution in [-0.2, 0) is 30.9 Å². The molecule has 7 nitrogen and oxygen atoms in total. The topological polar surface area (TPSA) is 84.0 Å². The molecule has 0 atom stereocenters. The highest BCUT2D eigenvalue weighted by Crippen LogP contribution is 2.26. The summed E-state index contributed by atoms with van der Waals surface area (Å²) in [6, 6.07) is 7.15. The minimum atomic E-state index is -3.49. The Bertz CT molecular complexity index is 886. The number of thiophene rings is 2. The first-order valence-corrected chi connectivity index (χ1v) is 12.0. The fourth-order valence-corrected chi connectivity index (χ4v) is 6.33. The van der Waals surface area contributed by atoms with Crippen molar-refractivity contribution in [2.75, 3.05) is 26.7 Å². The lowest BCUT2D eigenvalue weighted by atomic mass is 9.98. The van der Waals surface area contributed by atoms with Crippen molar-refractivity contribution in [3.63, 3.8) is 0 Å². The van der Waals surface area contributed by atoms with Gasteiger partial charge in [-0.1, -0.05) is 12.1 Å². The molecule has 1 fully saturated rings. The number of likely N-dealkylation sites (N-methyl/N-ethyl adjacent to an activating group) is 1. The number of esters is 1. The fraction of sp³-hybridized carbons (Fsp3) is 0.444. The van der Waals surface area contributed by atoms with Gasteiger partial charge in [0.25, 0.3) is 15.9 Å². The Morgan fingerprint density at radius 2 is 1.86 bits per heavy atom. The average molecular weight is 443 g/mol. The Balaban J connectivity index is 1.44. The Hall–Kier alpha value is -1.75. The zero-order chi connectivity index (χ0) is 20.1. The van der Waals surface area contributed by atoms with Gasteiger partial charge in [-0.2, -0.15) is 4.31 Å². The SMILES string of the molecule is CN(Cc1cccs1)C(=O)COC(=O)C1CCN(S(=O)(=O)c2cccs2)CC1. The molecule has 152 valence electrons. The minimum absolute atomic E-state index is 0.264. The summed E-state index contributed by atoms with van der Waals surface area (Å²) in [6.45, 7) is 0.722. The van der Waals surface area contributed by atoms with E-state index in [2.05, 4.69) is 0 Å². The van der Waals surface area contributed by atoms with E-state index in [4.69, 9.17) is 4.74 Å². The van der Waals surface area contributed by atoms with Gasteiger partial charge in [0.2, 0.25) is 0 Å². The van der Waals surface area contributed by atoms with Gasteiger partial charge in [0.15, 0.2) is 6.61 Å². The number of carbonyl (C=O) groups excluding carboxylic acids is 2. The van der Waals surface area contributed by atoms with Crippen molar-refractivity contribution in [1.29, 1.82) is 0 Å². The quantitative estimate of drug-likeness (QED) is 0.615. The van der Waals surface area contributed by atoms with E-state index in [9.17, 15) is 18.0 Å². The highest BCUT2D eigenvalue weighted by Gasteiger charge is 2.33. The number of hydrogen-bond acceptors (Lipinski definition) is 7. The molecule has 0 unspecified atom stereocenters. The molecule has 0 bridgehead atoms. The van der Waals surface area contributed by atoms with E-state index in [-0.39, 0.29) is 31.5 Å². The van der Waals surface area contributed by atoms with E-state index in [1.807, 2.05) is 17.5 Å². The third-order valence-corrected chi connectivity index (χ3v) is 8.75. The summed E-state index contributed by atoms with van der Waals surface area (Å²) in [6.07, 6.45) is 0.783. The van der Waals surface area contributed by atoms with Crippen LogP contribution in [0.25, 0.3) is 0 Å². The maximum Gasteiger partial charge on any atom is 0.309 e. The predicted molar refractivity (Wildman–Crippen MR) is 108 cm³/mol. The maximum atomic E-state index is 12.5. The van der Waals surface area contributed by atoms with Crippen LogP contribution in [-0.4, -0.2) is 56.2 Å². The number of amides is 1. The van der Waals surface area contributed by atoms with E-state index in [0.717, 1.165) is 4.88 Å². The molecule has 2 aromatic heterocycles. The second kappa shape index (κ2) is 9.17. The van der Waals surface area contributed by atoms with Gasteiger partial charge < -0.3 is 9.64 Å². The largest absolute Gasteiger partial charge is 0.455 e. The van der Waals surface area contributed by atoms with Crippen molar-refractivity contribution in [2.45, 2.75) is 23.6 Å². The van der Waals surface area contributed by atoms with Crippen molar-refractivity contribution in [3.8, 4) is 0 Å². The standard InChI is InChI=1S/C18H22N2O5S3/c1-19(12-15-4-2-10-26-15)16(21)13-25-18(22)14-6-8-20(9-7-14)28(23,24)17-5-3-11-27-17/h2-5,10-11,14H,6-9,12-13H2,1H3. The maximum absolute atomic E-state index is 12.5. The molecule has 0 radical (unpaired) electrons. The molecule has 1 aliphatic rings. The smallest absolute Gasteiger partial charge is 0.309 e. The molecule has 10 heteroatoms. The number of nitrogens with zero attached hydrogens (tertiary/aromatic N) is 2. The summed E-state index contributed by atoms with van der Waals surface area (Å²) in [7, 11) is -1.82. The van der Waals surface area contributed by atoms with E-state index in [1.165, 1.54) is 20.5 Å². The zero-order valence-corrected chi connectivity index (χ0v) is 17.9. The molecule has 1 saturated heterocycles. The number of hydrogen-bond donors (Lipinski definition) is 0. The third-order valence-electron chi connectivity index (χ3n) is 4.61. The molecular weight excluding hydrogens is 420 g/mol. The highest BCUT2D eigenvalue weighted by atomic mass is 32.2. The molecule has 0 aliphatic carbocycles. The van der Waals surface area contributed by atoms with Gasteiger partial charge in [-0.25, -0.2) is 8.42 Å². The lowest BCUT2D eigenvalue weighted by Gasteiger charge is -2.29. The van der Waals surface area contributed by atoms with Gasteiger partial charge >= 0.3 is 5.97 Å². The van der Waals surface area contributed by atoms with E-state index in [0.29, 0.717) is 23.6 Å². The first-order chi connectivity index (χ1) is 13.4. The molecule has 0 aromatic carbocycles. The van der Waals surface area contributed by atoms with Gasteiger partial charge in [-0.15, -0.1) is 22.7 Å². The molecular formula is C18H22N2O5S3. The number of piperidine rings is 1. The molecule has 0 saturated carbocycles. The second-order valence-corrected chi connectivity index (χ2v) is 10.7. The molecule has 1 aliphatic heterocycles. The molecule has 1 amide bonds. The molecule has 28 heavy (non-hydrogen) atoms. The van der Waals surface area contributed by atoms with Gasteiger partial charge in [0.1, 0.15) is 4.21 Å². The Labute approximate surface area is 172 Å². The van der Waals surface area contributed by atoms with Crippen LogP contribution in [0.5, 0.6) is 0 Å². The lowest BCUT2D eigenvalue weighted by molar-refractivity contribution is -0.156. The molecule has 3 rings (SSSR count). The van der Waals surface area contributed by atoms with Crippen molar-refractivity contribution < 1.29 is 22.7 Å². The lowest BCUT2D eigenvalue weighted by Crippen LogP contribution is -2.41. The van der Waals surface area contributed by atoms with E-state index >= 15 is 0 Å². The van der Waals surface area contributed by atoms with Crippen molar-refractivity contribution in [1.82, 2.24) is 9.21 Å². The van der Waals surface area contributed by atoms with Gasteiger partial charge in [-0.05, 0) is 35.7 Å². The van der Waals surface area contributed by atoms with E-state index in [1.54, 1.807) is 35.9 Å². The second-order valence-electron chi connectivity index (χ2n) is 6.55. The summed E-state index contributed by atoms with van der Waals surface area (Å²) in [5, 5.41) is 3.67. The summed E-state index contributed by atoms with van der Waals surface area (Å²) in [4.78, 5) is 27.0. The Morgan fingerprint density at radius 3 is 2.46 bits per heavy atom. The third kappa shape index (κ3) is 4.99. The average Bonchev–Trinajstić information content (AvgIpc) is 3.40. The molecule has 2 aromatic rings. The number of carbonyl (C=O) groups is 2. The summed E-state index contributed by atoms with van der Waals surface area (Å²) in [5.74, 6) is -1.09. The predicted octanol–water partition coefficient (Wildman–Crippen LogP) is 2.41. The Kier molecular flexibility index (Phi) is 6.86. The van der Waals surface area contributed by atoms with Crippen LogP contribution < -0.4 is 0 Å². The first kappa shape index (κ1) is 21.0. The van der Waals surface area contributed by atoms with Crippen LogP contribution in [0.15, 0.2) is 39.2 Å². The molecule has 0 spiro atoms. The zero-order valence-electron chi connectivity index (χ0n) is 15.4. The normalized spacial score (nSPS) is 16.0. The number of ether oxygens (including phenoxy) is 1. The first-order valence-electron chi connectivity index (χ1n) is 8.84. The Morgan fingerprint density at radius 1 is 1.18 bits per heavy atom. The van der Waals surface area contributed by atoms with Crippen LogP contribution in [0.4, 0.5) is 0 Å². The number of sulfonamides is 1. The van der Waals surface area contributed by atoms with Crippen molar-refractivity contribution in [2.24, 2.45) is 5.92 Å². The van der Waals surface area contributed by atoms with Gasteiger partial charge in [0, 0.05) is 25.0 Å². The molecule has 3 heterocycles. The summed E-state index contributed by atoms with van der Waals surface area (Å²) >= 11 is 2.75. The van der Waals surface area contributed by atoms with Gasteiger partial charge in [-0.3, -0.25) is 9.59 Å². The van der Waals surface area contributed by atoms with Crippen LogP contribution in [0.3, 0.4) is 0 Å². The van der Waals surface area contributed by atoms with Crippen LogP contribution in [0.1, 0.15) is 17.7 Å². The van der Waals surface area contributed by atoms with Crippen molar-refractivity contribution in [3.05, 3.63) is 39.9 Å². The fourth-order valence-electron chi connectivity index (χ4n) is 2.95. The van der Waals surface area contributed by atoms with Crippen LogP contribution in [0.2, 0.25) is 0 Å². The van der Waals surface area contributed by atoms with Gasteiger partial charge in [0.05, 0.1) is 12.5 Å². The summed E-state index contributed by atoms with van der Waals surface area (Å²) < 4.78 is 31.9. The summed E-state index contributed by atoms with van der Waals surface area (Å²) in [5.41, 5.74) is 0. The monoisotopic (exact) mass is 442 g/mol. The minimum Gasteiger partial charge on any atom is -0.455 e. The van der Waals surface area contributed by atoms with Crippen molar-refractivity contribution >= 4 is 44.6 Å². The van der Waals surface area contributed by atoms with Crippen LogP contribution >= 0.6 is 22.7 Å².